The maximum Gasteiger partial charge on any atom is 0.307 e. The van der Waals surface area contributed by atoms with Gasteiger partial charge < -0.3 is 10.1 Å². The van der Waals surface area contributed by atoms with Crippen molar-refractivity contribution in [3.63, 3.8) is 0 Å². The zero-order valence-electron chi connectivity index (χ0n) is 14.4. The molecule has 1 N–H and O–H groups in total. The molecular formula is C19H25NO4. The van der Waals surface area contributed by atoms with E-state index < -0.39 is 0 Å². The van der Waals surface area contributed by atoms with Gasteiger partial charge in [0.25, 0.3) is 0 Å². The fourth-order valence-electron chi connectivity index (χ4n) is 2.83. The summed E-state index contributed by atoms with van der Waals surface area (Å²) >= 11 is 0. The molecule has 0 aliphatic heterocycles. The molecule has 0 spiro atoms. The third kappa shape index (κ3) is 5.48. The number of carbonyl (C=O) groups excluding carboxylic acids is 3. The average molecular weight is 331 g/mol. The highest BCUT2D eigenvalue weighted by Gasteiger charge is 2.15. The SMILES string of the molecule is CC(C)OC(=O)CCNC(=O)CCC(=O)c1ccc2c(c1)CCC2. The molecule has 0 bridgehead atoms. The van der Waals surface area contributed by atoms with Crippen molar-refractivity contribution in [1.29, 1.82) is 0 Å². The quantitative estimate of drug-likeness (QED) is 0.587. The van der Waals surface area contributed by atoms with E-state index in [2.05, 4.69) is 5.32 Å². The standard InChI is InChI=1S/C19H25NO4/c1-13(2)24-19(23)10-11-20-18(22)9-8-17(21)16-7-6-14-4-3-5-15(14)12-16/h6-7,12-13H,3-5,8-11H2,1-2H3,(H,20,22). The largest absolute Gasteiger partial charge is 0.463 e. The molecule has 0 fully saturated rings. The average Bonchev–Trinajstić information content (AvgIpc) is 2.99. The summed E-state index contributed by atoms with van der Waals surface area (Å²) in [6.07, 6.45) is 3.57. The number of carbonyl (C=O) groups is 3. The van der Waals surface area contributed by atoms with Crippen LogP contribution in [0, 0.1) is 0 Å². The summed E-state index contributed by atoms with van der Waals surface area (Å²) in [5.74, 6) is -0.569. The van der Waals surface area contributed by atoms with Crippen molar-refractivity contribution in [3.8, 4) is 0 Å². The molecule has 1 aromatic rings. The molecule has 130 valence electrons. The Morgan fingerprint density at radius 1 is 1.08 bits per heavy atom. The van der Waals surface area contributed by atoms with E-state index in [0.717, 1.165) is 19.3 Å². The first-order valence-corrected chi connectivity index (χ1v) is 8.57. The van der Waals surface area contributed by atoms with Crippen LogP contribution in [0.3, 0.4) is 0 Å². The number of nitrogens with one attached hydrogen (secondary N) is 1. The van der Waals surface area contributed by atoms with Gasteiger partial charge in [0.1, 0.15) is 0 Å². The van der Waals surface area contributed by atoms with Crippen molar-refractivity contribution in [3.05, 3.63) is 34.9 Å². The highest BCUT2D eigenvalue weighted by Crippen LogP contribution is 2.23. The highest BCUT2D eigenvalue weighted by atomic mass is 16.5. The number of hydrogen-bond donors (Lipinski definition) is 1. The molecule has 0 saturated heterocycles. The maximum atomic E-state index is 12.2. The van der Waals surface area contributed by atoms with Crippen LogP contribution in [0.2, 0.25) is 0 Å². The van der Waals surface area contributed by atoms with E-state index in [1.165, 1.54) is 11.1 Å². The number of ketones is 1. The van der Waals surface area contributed by atoms with Gasteiger partial charge in [0.15, 0.2) is 5.78 Å². The summed E-state index contributed by atoms with van der Waals surface area (Å²) in [5, 5.41) is 2.64. The normalized spacial score (nSPS) is 12.8. The van der Waals surface area contributed by atoms with E-state index in [9.17, 15) is 14.4 Å². The molecule has 1 aliphatic carbocycles. The second-order valence-electron chi connectivity index (χ2n) is 6.40. The van der Waals surface area contributed by atoms with Crippen LogP contribution in [0.4, 0.5) is 0 Å². The first-order chi connectivity index (χ1) is 11.5. The van der Waals surface area contributed by atoms with Crippen LogP contribution in [0.5, 0.6) is 0 Å². The molecule has 0 radical (unpaired) electrons. The molecule has 0 heterocycles. The van der Waals surface area contributed by atoms with Crippen LogP contribution < -0.4 is 5.32 Å². The van der Waals surface area contributed by atoms with Crippen molar-refractivity contribution in [1.82, 2.24) is 5.32 Å². The summed E-state index contributed by atoms with van der Waals surface area (Å²) in [7, 11) is 0. The number of hydrogen-bond acceptors (Lipinski definition) is 4. The lowest BCUT2D eigenvalue weighted by atomic mass is 10.0. The Kier molecular flexibility index (Phi) is 6.53. The number of ether oxygens (including phenoxy) is 1. The van der Waals surface area contributed by atoms with Gasteiger partial charge in [-0.25, -0.2) is 0 Å². The summed E-state index contributed by atoms with van der Waals surface area (Å²) in [6, 6.07) is 5.84. The zero-order valence-corrected chi connectivity index (χ0v) is 14.4. The van der Waals surface area contributed by atoms with E-state index in [4.69, 9.17) is 4.74 Å². The molecule has 5 nitrogen and oxygen atoms in total. The number of rotatable bonds is 8. The Bertz CT molecular complexity index is 622. The van der Waals surface area contributed by atoms with E-state index in [-0.39, 0.29) is 49.6 Å². The smallest absolute Gasteiger partial charge is 0.307 e. The van der Waals surface area contributed by atoms with Crippen molar-refractivity contribution in [2.45, 2.75) is 58.5 Å². The fraction of sp³-hybridized carbons (Fsp3) is 0.526. The van der Waals surface area contributed by atoms with Gasteiger partial charge in [0.05, 0.1) is 12.5 Å². The third-order valence-electron chi connectivity index (χ3n) is 4.02. The summed E-state index contributed by atoms with van der Waals surface area (Å²) in [5.41, 5.74) is 3.27. The number of Topliss-reactive ketones (excluding diaryl/α,β-unsaturated/α-hetero) is 1. The Morgan fingerprint density at radius 3 is 2.58 bits per heavy atom. The van der Waals surface area contributed by atoms with E-state index in [1.807, 2.05) is 18.2 Å². The molecule has 0 atom stereocenters. The molecule has 24 heavy (non-hydrogen) atoms. The van der Waals surface area contributed by atoms with E-state index in [0.29, 0.717) is 5.56 Å². The summed E-state index contributed by atoms with van der Waals surface area (Å²) < 4.78 is 4.98. The number of esters is 1. The molecule has 0 unspecified atom stereocenters. The van der Waals surface area contributed by atoms with Crippen LogP contribution in [-0.2, 0) is 27.2 Å². The van der Waals surface area contributed by atoms with E-state index in [1.54, 1.807) is 13.8 Å². The number of fused-ring (bicyclic) bond motifs is 1. The predicted molar refractivity (Wildman–Crippen MR) is 90.9 cm³/mol. The minimum atomic E-state index is -0.334. The predicted octanol–water partition coefficient (Wildman–Crippen LogP) is 2.60. The molecule has 1 aromatic carbocycles. The zero-order chi connectivity index (χ0) is 17.5. The van der Waals surface area contributed by atoms with Gasteiger partial charge in [-0.1, -0.05) is 12.1 Å². The molecule has 2 rings (SSSR count). The van der Waals surface area contributed by atoms with Crippen LogP contribution in [0.1, 0.15) is 61.0 Å². The molecule has 0 aromatic heterocycles. The van der Waals surface area contributed by atoms with E-state index >= 15 is 0 Å². The minimum absolute atomic E-state index is 0.0148. The number of aryl methyl sites for hydroxylation is 2. The first kappa shape index (κ1) is 18.2. The summed E-state index contributed by atoms with van der Waals surface area (Å²) in [4.78, 5) is 35.3. The topological polar surface area (TPSA) is 72.5 Å². The van der Waals surface area contributed by atoms with Crippen molar-refractivity contribution in [2.75, 3.05) is 6.54 Å². The lowest BCUT2D eigenvalue weighted by molar-refractivity contribution is -0.147. The minimum Gasteiger partial charge on any atom is -0.463 e. The van der Waals surface area contributed by atoms with Gasteiger partial charge in [0, 0.05) is 24.9 Å². The highest BCUT2D eigenvalue weighted by molar-refractivity contribution is 5.98. The summed E-state index contributed by atoms with van der Waals surface area (Å²) in [6.45, 7) is 3.79. The molecule has 1 aliphatic rings. The maximum absolute atomic E-state index is 12.2. The number of amides is 1. The number of benzene rings is 1. The van der Waals surface area contributed by atoms with Gasteiger partial charge >= 0.3 is 5.97 Å². The van der Waals surface area contributed by atoms with Gasteiger partial charge in [-0.3, -0.25) is 14.4 Å². The molecule has 0 saturated carbocycles. The Labute approximate surface area is 142 Å². The lowest BCUT2D eigenvalue weighted by Crippen LogP contribution is -2.27. The van der Waals surface area contributed by atoms with Crippen LogP contribution in [0.25, 0.3) is 0 Å². The van der Waals surface area contributed by atoms with Gasteiger partial charge in [-0.15, -0.1) is 0 Å². The van der Waals surface area contributed by atoms with Crippen LogP contribution >= 0.6 is 0 Å². The van der Waals surface area contributed by atoms with Gasteiger partial charge in [0.2, 0.25) is 5.91 Å². The Morgan fingerprint density at radius 2 is 1.83 bits per heavy atom. The fourth-order valence-corrected chi connectivity index (χ4v) is 2.83. The van der Waals surface area contributed by atoms with Crippen molar-refractivity contribution in [2.24, 2.45) is 0 Å². The second kappa shape index (κ2) is 8.62. The lowest BCUT2D eigenvalue weighted by Gasteiger charge is -2.08. The Hall–Kier alpha value is -2.17. The first-order valence-electron chi connectivity index (χ1n) is 8.57. The van der Waals surface area contributed by atoms with Crippen molar-refractivity contribution >= 4 is 17.7 Å². The van der Waals surface area contributed by atoms with Crippen molar-refractivity contribution < 1.29 is 19.1 Å². The monoisotopic (exact) mass is 331 g/mol. The molecular weight excluding hydrogens is 306 g/mol. The van der Waals surface area contributed by atoms with Gasteiger partial charge in [-0.05, 0) is 50.3 Å². The second-order valence-corrected chi connectivity index (χ2v) is 6.40. The van der Waals surface area contributed by atoms with Crippen LogP contribution in [0.15, 0.2) is 18.2 Å². The van der Waals surface area contributed by atoms with Crippen LogP contribution in [-0.4, -0.2) is 30.3 Å². The third-order valence-corrected chi connectivity index (χ3v) is 4.02. The molecule has 5 heteroatoms. The Balaban J connectivity index is 1.70. The van der Waals surface area contributed by atoms with Gasteiger partial charge in [-0.2, -0.15) is 0 Å². The molecule has 1 amide bonds.